The predicted molar refractivity (Wildman–Crippen MR) is 138 cm³/mol. The Morgan fingerprint density at radius 1 is 1.09 bits per heavy atom. The van der Waals surface area contributed by atoms with Crippen LogP contribution in [0.25, 0.3) is 11.3 Å². The molecule has 3 N–H and O–H groups in total. The van der Waals surface area contributed by atoms with Gasteiger partial charge in [-0.05, 0) is 43.0 Å². The summed E-state index contributed by atoms with van der Waals surface area (Å²) in [6, 6.07) is 14.0. The zero-order valence-electron chi connectivity index (χ0n) is 19.6. The first-order chi connectivity index (χ1) is 16.8. The Morgan fingerprint density at radius 3 is 2.43 bits per heavy atom. The number of hydrogen-bond donors (Lipinski definition) is 3. The highest BCUT2D eigenvalue weighted by atomic mass is 35.5. The van der Waals surface area contributed by atoms with Gasteiger partial charge in [0.15, 0.2) is 0 Å². The van der Waals surface area contributed by atoms with Gasteiger partial charge in [-0.1, -0.05) is 67.4 Å². The number of nitrogens with zero attached hydrogens (tertiary/aromatic N) is 3. The van der Waals surface area contributed by atoms with Crippen LogP contribution in [0.5, 0.6) is 0 Å². The van der Waals surface area contributed by atoms with Crippen molar-refractivity contribution in [2.45, 2.75) is 51.3 Å². The molecule has 0 radical (unpaired) electrons. The number of benzene rings is 2. The minimum Gasteiger partial charge on any atom is -0.465 e. The summed E-state index contributed by atoms with van der Waals surface area (Å²) in [5, 5.41) is 25.0. The molecule has 1 aliphatic rings. The second kappa shape index (κ2) is 10.8. The highest BCUT2D eigenvalue weighted by Gasteiger charge is 2.44. The van der Waals surface area contributed by atoms with E-state index >= 15 is 0 Å². The van der Waals surface area contributed by atoms with Crippen molar-refractivity contribution in [3.8, 4) is 11.3 Å². The molecule has 0 spiro atoms. The van der Waals surface area contributed by atoms with Crippen molar-refractivity contribution in [2.75, 3.05) is 11.9 Å². The van der Waals surface area contributed by atoms with Gasteiger partial charge < -0.3 is 20.4 Å². The first kappa shape index (κ1) is 25.2. The minimum atomic E-state index is -1.06. The van der Waals surface area contributed by atoms with Crippen molar-refractivity contribution in [2.24, 2.45) is 0 Å². The monoisotopic (exact) mass is 514 g/mol. The molecule has 35 heavy (non-hydrogen) atoms. The maximum absolute atomic E-state index is 12.0. The van der Waals surface area contributed by atoms with E-state index in [2.05, 4.69) is 5.32 Å². The Bertz CT molecular complexity index is 1210. The fourth-order valence-electron chi connectivity index (χ4n) is 4.57. The number of aromatic nitrogens is 2. The molecule has 0 bridgehead atoms. The average Bonchev–Trinajstić information content (AvgIpc) is 3.15. The summed E-state index contributed by atoms with van der Waals surface area (Å²) in [6.45, 7) is 3.99. The highest BCUT2D eigenvalue weighted by molar-refractivity contribution is 6.36. The number of anilines is 1. The Hall–Kier alpha value is -2.87. The van der Waals surface area contributed by atoms with Gasteiger partial charge in [0.05, 0.1) is 46.8 Å². The van der Waals surface area contributed by atoms with Crippen molar-refractivity contribution in [1.29, 1.82) is 0 Å². The van der Waals surface area contributed by atoms with E-state index in [4.69, 9.17) is 33.2 Å². The molecule has 1 fully saturated rings. The molecule has 1 aromatic heterocycles. The van der Waals surface area contributed by atoms with E-state index in [1.165, 1.54) is 4.90 Å². The van der Waals surface area contributed by atoms with Crippen molar-refractivity contribution >= 4 is 35.1 Å². The molecule has 3 aromatic rings. The lowest BCUT2D eigenvalue weighted by Crippen LogP contribution is -2.44. The van der Waals surface area contributed by atoms with E-state index < -0.39 is 24.3 Å². The summed E-state index contributed by atoms with van der Waals surface area (Å²) < 4.78 is 0. The summed E-state index contributed by atoms with van der Waals surface area (Å²) >= 11 is 12.5. The number of aliphatic hydroxyl groups is 1. The summed E-state index contributed by atoms with van der Waals surface area (Å²) in [5.74, 6) is 0.549. The number of carboxylic acid groups (broad SMARTS) is 1. The number of aliphatic hydroxyl groups excluding tert-OH is 1. The summed E-state index contributed by atoms with van der Waals surface area (Å²) in [6.07, 6.45) is -0.274. The third kappa shape index (κ3) is 5.37. The Balaban J connectivity index is 1.71. The van der Waals surface area contributed by atoms with Crippen LogP contribution < -0.4 is 5.32 Å². The molecular weight excluding hydrogens is 487 g/mol. The van der Waals surface area contributed by atoms with Crippen LogP contribution >= 0.6 is 23.2 Å². The molecule has 1 aliphatic heterocycles. The molecule has 2 heterocycles. The lowest BCUT2D eigenvalue weighted by Gasteiger charge is -2.28. The molecule has 1 unspecified atom stereocenters. The van der Waals surface area contributed by atoms with Gasteiger partial charge in [-0.15, -0.1) is 0 Å². The quantitative estimate of drug-likeness (QED) is 0.394. The van der Waals surface area contributed by atoms with Gasteiger partial charge in [-0.2, -0.15) is 0 Å². The van der Waals surface area contributed by atoms with Gasteiger partial charge >= 0.3 is 6.09 Å². The zero-order valence-corrected chi connectivity index (χ0v) is 21.1. The Morgan fingerprint density at radius 2 is 1.80 bits per heavy atom. The van der Waals surface area contributed by atoms with Crippen molar-refractivity contribution in [1.82, 2.24) is 14.9 Å². The summed E-state index contributed by atoms with van der Waals surface area (Å²) in [7, 11) is 0. The SMILES string of the molecule is CCc1nc(-c2ccc(Cl)cc2Cl)c(CC)nc1N[C@@H]1C(Cc2ccccc2)N(C(=O)O)C[C@@H]1O. The largest absolute Gasteiger partial charge is 0.465 e. The molecule has 7 nitrogen and oxygen atoms in total. The van der Waals surface area contributed by atoms with Crippen LogP contribution in [0, 0.1) is 0 Å². The van der Waals surface area contributed by atoms with E-state index in [1.807, 2.05) is 50.2 Å². The third-order valence-electron chi connectivity index (χ3n) is 6.35. The van der Waals surface area contributed by atoms with E-state index in [9.17, 15) is 15.0 Å². The second-order valence-electron chi connectivity index (χ2n) is 8.57. The number of halogens is 2. The van der Waals surface area contributed by atoms with E-state index in [-0.39, 0.29) is 6.54 Å². The van der Waals surface area contributed by atoms with Crippen LogP contribution in [0.2, 0.25) is 10.0 Å². The van der Waals surface area contributed by atoms with Gasteiger partial charge in [0.1, 0.15) is 5.82 Å². The molecule has 0 aliphatic carbocycles. The van der Waals surface area contributed by atoms with Crippen molar-refractivity contribution < 1.29 is 15.0 Å². The van der Waals surface area contributed by atoms with Crippen LogP contribution in [-0.2, 0) is 19.3 Å². The minimum absolute atomic E-state index is 0.0263. The van der Waals surface area contributed by atoms with E-state index in [0.29, 0.717) is 46.5 Å². The Kier molecular flexibility index (Phi) is 7.79. The lowest BCUT2D eigenvalue weighted by molar-refractivity contribution is 0.131. The van der Waals surface area contributed by atoms with Crippen LogP contribution in [0.1, 0.15) is 30.8 Å². The molecule has 3 atom stereocenters. The maximum Gasteiger partial charge on any atom is 0.407 e. The first-order valence-electron chi connectivity index (χ1n) is 11.7. The molecular formula is C26H28Cl2N4O3. The average molecular weight is 515 g/mol. The third-order valence-corrected chi connectivity index (χ3v) is 6.89. The van der Waals surface area contributed by atoms with E-state index in [1.54, 1.807) is 12.1 Å². The molecule has 2 aromatic carbocycles. The number of aryl methyl sites for hydroxylation is 2. The van der Waals surface area contributed by atoms with Crippen molar-refractivity contribution in [3.05, 3.63) is 75.5 Å². The highest BCUT2D eigenvalue weighted by Crippen LogP contribution is 2.33. The van der Waals surface area contributed by atoms with Gasteiger partial charge in [0.25, 0.3) is 0 Å². The van der Waals surface area contributed by atoms with E-state index in [0.717, 1.165) is 16.8 Å². The number of carbonyl (C=O) groups is 1. The molecule has 184 valence electrons. The lowest BCUT2D eigenvalue weighted by atomic mass is 9.98. The Labute approximate surface area is 214 Å². The number of amides is 1. The van der Waals surface area contributed by atoms with Crippen LogP contribution in [-0.4, -0.2) is 55.9 Å². The van der Waals surface area contributed by atoms with Gasteiger partial charge in [-0.25, -0.2) is 14.8 Å². The summed E-state index contributed by atoms with van der Waals surface area (Å²) in [4.78, 5) is 23.0. The molecule has 1 amide bonds. The standard InChI is InChI=1S/C26H28Cl2N4O3/c1-3-19-23(17-11-10-16(27)13-18(17)28)29-20(4-2)25(30-19)31-24-21(12-15-8-6-5-7-9-15)32(26(34)35)14-22(24)33/h5-11,13,21-22,24,33H,3-4,12,14H2,1-2H3,(H,30,31)(H,34,35)/t21?,22-,24+/m0/s1. The van der Waals surface area contributed by atoms with Crippen molar-refractivity contribution in [3.63, 3.8) is 0 Å². The molecule has 0 saturated carbocycles. The smallest absolute Gasteiger partial charge is 0.407 e. The number of nitrogens with one attached hydrogen (secondary N) is 1. The van der Waals surface area contributed by atoms with Gasteiger partial charge in [0, 0.05) is 10.6 Å². The fraction of sp³-hybridized carbons (Fsp3) is 0.346. The summed E-state index contributed by atoms with van der Waals surface area (Å²) in [5.41, 5.74) is 3.89. The van der Waals surface area contributed by atoms with Crippen LogP contribution in [0.4, 0.5) is 10.6 Å². The second-order valence-corrected chi connectivity index (χ2v) is 9.42. The zero-order chi connectivity index (χ0) is 25.1. The number of likely N-dealkylation sites (tertiary alicyclic amines) is 1. The normalized spacial score (nSPS) is 19.7. The van der Waals surface area contributed by atoms with Crippen LogP contribution in [0.3, 0.4) is 0 Å². The topological polar surface area (TPSA) is 98.6 Å². The predicted octanol–water partition coefficient (Wildman–Crippen LogP) is 5.32. The maximum atomic E-state index is 12.0. The first-order valence-corrected chi connectivity index (χ1v) is 12.4. The van der Waals surface area contributed by atoms with Gasteiger partial charge in [-0.3, -0.25) is 0 Å². The number of β-amino-alcohol motifs (C(OH)–C–C–N with tert-alkyl or cyclic N) is 1. The fourth-order valence-corrected chi connectivity index (χ4v) is 5.07. The number of rotatable bonds is 7. The molecule has 1 saturated heterocycles. The molecule has 4 rings (SSSR count). The van der Waals surface area contributed by atoms with Gasteiger partial charge in [0.2, 0.25) is 0 Å². The molecule has 9 heteroatoms. The van der Waals surface area contributed by atoms with Crippen LogP contribution in [0.15, 0.2) is 48.5 Å². The number of hydrogen-bond acceptors (Lipinski definition) is 5.